The summed E-state index contributed by atoms with van der Waals surface area (Å²) < 4.78 is 1.43. The first-order chi connectivity index (χ1) is 28.4. The van der Waals surface area contributed by atoms with Gasteiger partial charge < -0.3 is 25.5 Å². The Labute approximate surface area is 349 Å². The lowest BCUT2D eigenvalue weighted by atomic mass is 9.88. The Morgan fingerprint density at radius 3 is 2.53 bits per heavy atom. The van der Waals surface area contributed by atoms with Crippen LogP contribution in [0.2, 0.25) is 5.02 Å². The molecule has 2 bridgehead atoms. The zero-order valence-electron chi connectivity index (χ0n) is 33.8. The molecule has 3 heterocycles. The second-order valence-electron chi connectivity index (χ2n) is 17.0. The summed E-state index contributed by atoms with van der Waals surface area (Å²) in [6.45, 7) is 1.80. The van der Waals surface area contributed by atoms with E-state index in [4.69, 9.17) is 16.6 Å². The van der Waals surface area contributed by atoms with Gasteiger partial charge in [-0.2, -0.15) is 0 Å². The Bertz CT molecular complexity index is 2450. The lowest BCUT2D eigenvalue weighted by molar-refractivity contribution is -0.140. The molecule has 3 amide bonds. The van der Waals surface area contributed by atoms with E-state index in [9.17, 15) is 24.3 Å². The van der Waals surface area contributed by atoms with Crippen molar-refractivity contribution in [3.63, 3.8) is 0 Å². The number of benzene rings is 3. The molecule has 1 saturated carbocycles. The van der Waals surface area contributed by atoms with E-state index in [1.807, 2.05) is 72.4 Å². The first-order valence-electron chi connectivity index (χ1n) is 20.8. The molecule has 3 N–H and O–H groups in total. The van der Waals surface area contributed by atoms with E-state index in [1.165, 1.54) is 22.9 Å². The third kappa shape index (κ3) is 8.90. The number of nitrogens with zero attached hydrogens (tertiary/aromatic N) is 5. The monoisotopic (exact) mass is 817 g/mol. The molecule has 59 heavy (non-hydrogen) atoms. The number of halogens is 1. The van der Waals surface area contributed by atoms with E-state index < -0.39 is 5.60 Å². The van der Waals surface area contributed by atoms with Crippen LogP contribution in [-0.4, -0.2) is 93.0 Å². The van der Waals surface area contributed by atoms with Gasteiger partial charge in [-0.15, -0.1) is 0 Å². The maximum atomic E-state index is 14.1. The fraction of sp³-hybridized carbons (Fsp3) is 0.435. The van der Waals surface area contributed by atoms with E-state index in [0.29, 0.717) is 98.7 Å². The average molecular weight is 818 g/mol. The number of piperidine rings is 1. The lowest BCUT2D eigenvalue weighted by Crippen LogP contribution is -2.51. The molecule has 0 spiro atoms. The zero-order valence-corrected chi connectivity index (χ0v) is 34.5. The molecule has 13 heteroatoms. The number of likely N-dealkylation sites (tertiary alicyclic amines) is 1. The van der Waals surface area contributed by atoms with Crippen LogP contribution < -0.4 is 16.2 Å². The van der Waals surface area contributed by atoms with Crippen molar-refractivity contribution in [3.8, 4) is 0 Å². The van der Waals surface area contributed by atoms with Gasteiger partial charge in [0, 0.05) is 66.8 Å². The number of carbonyl (C=O) groups excluding carboxylic acids is 3. The number of hydrogen-bond acceptors (Lipinski definition) is 8. The number of carbonyl (C=O) groups is 3. The van der Waals surface area contributed by atoms with Crippen molar-refractivity contribution < 1.29 is 19.5 Å². The predicted molar refractivity (Wildman–Crippen MR) is 230 cm³/mol. The van der Waals surface area contributed by atoms with Gasteiger partial charge in [0.15, 0.2) is 0 Å². The number of amides is 3. The second-order valence-corrected chi connectivity index (χ2v) is 17.4. The highest BCUT2D eigenvalue weighted by Gasteiger charge is 2.40. The second kappa shape index (κ2) is 17.2. The molecule has 3 unspecified atom stereocenters. The van der Waals surface area contributed by atoms with Gasteiger partial charge in [0.05, 0.1) is 39.9 Å². The number of nitrogens with one attached hydrogen (secondary N) is 2. The largest absolute Gasteiger partial charge is 0.388 e. The number of hydrogen-bond donors (Lipinski definition) is 3. The smallest absolute Gasteiger partial charge is 0.261 e. The number of fused-ring (bicyclic) bond motifs is 7. The number of aliphatic hydroxyl groups is 1. The van der Waals surface area contributed by atoms with E-state index in [2.05, 4.69) is 15.6 Å². The van der Waals surface area contributed by atoms with Gasteiger partial charge in [0.1, 0.15) is 0 Å². The van der Waals surface area contributed by atoms with Crippen molar-refractivity contribution >= 4 is 56.8 Å². The SMILES string of the molecule is CN(C)CCC(=O)Nc1ccc2c(=O)n(CC3(O)CCN(C(=O)C(CCCNC(=O)c4ccc5c(Cl)c6c(nc5c4)C4CCC6C4)Cc4ccccc4)CC3)cnc2c1. The number of aromatic nitrogens is 3. The quantitative estimate of drug-likeness (QED) is 0.111. The first kappa shape index (κ1) is 40.6. The van der Waals surface area contributed by atoms with Gasteiger partial charge in [-0.1, -0.05) is 48.0 Å². The van der Waals surface area contributed by atoms with Gasteiger partial charge >= 0.3 is 0 Å². The molecule has 3 aromatic carbocycles. The van der Waals surface area contributed by atoms with Crippen LogP contribution in [-0.2, 0) is 22.6 Å². The van der Waals surface area contributed by atoms with Crippen LogP contribution >= 0.6 is 11.6 Å². The van der Waals surface area contributed by atoms with Gasteiger partial charge in [-0.25, -0.2) is 4.98 Å². The van der Waals surface area contributed by atoms with Crippen LogP contribution in [0.5, 0.6) is 0 Å². The standard InChI is InChI=1S/C46H52ClN7O5/c1-52(2)20-16-39(55)50-34-13-15-36-37(26-34)49-28-54(45(36)58)27-46(59)17-21-53(22-18-46)44(57)33(23-29-7-4-3-5-8-29)9-6-19-48-43(56)32-12-14-35-38(25-32)51-42-31-11-10-30(24-31)40(42)41(35)47/h3-5,7-8,12-15,25-26,28,30-31,33,59H,6,9-11,16-24,27H2,1-2H3,(H,48,56)(H,50,55). The number of pyridine rings is 1. The lowest BCUT2D eigenvalue weighted by Gasteiger charge is -2.39. The molecule has 3 aliphatic rings. The van der Waals surface area contributed by atoms with Gasteiger partial charge in [0.2, 0.25) is 11.8 Å². The van der Waals surface area contributed by atoms with Crippen LogP contribution in [0.1, 0.15) is 90.4 Å². The Balaban J connectivity index is 0.868. The molecular formula is C46H52ClN7O5. The van der Waals surface area contributed by atoms with Crippen molar-refractivity contribution in [2.45, 2.75) is 81.8 Å². The van der Waals surface area contributed by atoms with Crippen LogP contribution in [0.3, 0.4) is 0 Å². The Kier molecular flexibility index (Phi) is 11.8. The Hall–Kier alpha value is -5.17. The topological polar surface area (TPSA) is 150 Å². The summed E-state index contributed by atoms with van der Waals surface area (Å²) >= 11 is 6.87. The fourth-order valence-electron chi connectivity index (χ4n) is 9.23. The average Bonchev–Trinajstić information content (AvgIpc) is 3.85. The van der Waals surface area contributed by atoms with Gasteiger partial charge in [-0.3, -0.25) is 28.7 Å². The summed E-state index contributed by atoms with van der Waals surface area (Å²) in [5, 5.41) is 19.6. The molecule has 1 aliphatic heterocycles. The highest BCUT2D eigenvalue weighted by atomic mass is 35.5. The summed E-state index contributed by atoms with van der Waals surface area (Å²) in [5.74, 6) is 0.381. The van der Waals surface area contributed by atoms with E-state index in [1.54, 1.807) is 18.2 Å². The molecule has 2 fully saturated rings. The van der Waals surface area contributed by atoms with Crippen LogP contribution in [0.15, 0.2) is 77.9 Å². The van der Waals surface area contributed by atoms with E-state index in [-0.39, 0.29) is 35.7 Å². The fourth-order valence-corrected chi connectivity index (χ4v) is 9.64. The van der Waals surface area contributed by atoms with Crippen molar-refractivity contribution in [1.82, 2.24) is 29.7 Å². The summed E-state index contributed by atoms with van der Waals surface area (Å²) in [6, 6.07) is 20.5. The molecular weight excluding hydrogens is 766 g/mol. The van der Waals surface area contributed by atoms with Crippen molar-refractivity contribution in [1.29, 1.82) is 0 Å². The maximum absolute atomic E-state index is 14.1. The summed E-state index contributed by atoms with van der Waals surface area (Å²) in [4.78, 5) is 66.4. The molecule has 2 aliphatic carbocycles. The van der Waals surface area contributed by atoms with E-state index in [0.717, 1.165) is 40.0 Å². The Morgan fingerprint density at radius 2 is 1.75 bits per heavy atom. The highest BCUT2D eigenvalue weighted by Crippen LogP contribution is 2.55. The number of anilines is 1. The normalized spacial score (nSPS) is 18.6. The third-order valence-electron chi connectivity index (χ3n) is 12.5. The molecule has 5 aromatic rings. The minimum atomic E-state index is -1.20. The zero-order chi connectivity index (χ0) is 41.3. The predicted octanol–water partition coefficient (Wildman–Crippen LogP) is 6.28. The van der Waals surface area contributed by atoms with Gasteiger partial charge in [-0.05, 0) is 113 Å². The summed E-state index contributed by atoms with van der Waals surface area (Å²) in [7, 11) is 3.81. The molecule has 2 aromatic heterocycles. The molecule has 3 atom stereocenters. The third-order valence-corrected chi connectivity index (χ3v) is 12.9. The molecule has 1 saturated heterocycles. The van der Waals surface area contributed by atoms with Crippen molar-refractivity contribution in [3.05, 3.63) is 111 Å². The Morgan fingerprint density at radius 1 is 0.983 bits per heavy atom. The van der Waals surface area contributed by atoms with Crippen LogP contribution in [0, 0.1) is 5.92 Å². The molecule has 8 rings (SSSR count). The van der Waals surface area contributed by atoms with E-state index >= 15 is 0 Å². The highest BCUT2D eigenvalue weighted by molar-refractivity contribution is 6.36. The summed E-state index contributed by atoms with van der Waals surface area (Å²) in [6.07, 6.45) is 7.61. The molecule has 308 valence electrons. The first-order valence-corrected chi connectivity index (χ1v) is 21.2. The number of rotatable bonds is 14. The van der Waals surface area contributed by atoms with Crippen molar-refractivity contribution in [2.24, 2.45) is 5.92 Å². The van der Waals surface area contributed by atoms with Gasteiger partial charge in [0.25, 0.3) is 11.5 Å². The van der Waals surface area contributed by atoms with Crippen LogP contribution in [0.25, 0.3) is 21.8 Å². The molecule has 0 radical (unpaired) electrons. The minimum absolute atomic E-state index is 0.0232. The maximum Gasteiger partial charge on any atom is 0.261 e. The molecule has 12 nitrogen and oxygen atoms in total. The van der Waals surface area contributed by atoms with Crippen molar-refractivity contribution in [2.75, 3.05) is 45.6 Å². The summed E-state index contributed by atoms with van der Waals surface area (Å²) in [5.41, 5.74) is 4.22. The minimum Gasteiger partial charge on any atom is -0.388 e. The van der Waals surface area contributed by atoms with Crippen LogP contribution in [0.4, 0.5) is 5.69 Å².